The Bertz CT molecular complexity index is 447. The first-order chi connectivity index (χ1) is 8.43. The van der Waals surface area contributed by atoms with Crippen LogP contribution in [0.1, 0.15) is 0 Å². The molecule has 0 saturated heterocycles. The van der Waals surface area contributed by atoms with E-state index in [0.717, 1.165) is 7.11 Å². The van der Waals surface area contributed by atoms with Crippen LogP contribution in [0, 0.1) is 0 Å². The van der Waals surface area contributed by atoms with Crippen LogP contribution in [0.15, 0.2) is 18.7 Å². The van der Waals surface area contributed by atoms with Crippen LogP contribution in [-0.2, 0) is 32.0 Å². The highest BCUT2D eigenvalue weighted by Crippen LogP contribution is 2.36. The Morgan fingerprint density at radius 1 is 1.61 bits per heavy atom. The van der Waals surface area contributed by atoms with Crippen LogP contribution >= 0.6 is 7.82 Å². The fourth-order valence-corrected chi connectivity index (χ4v) is 1.64. The van der Waals surface area contributed by atoms with E-state index in [1.807, 2.05) is 17.8 Å². The maximum atomic E-state index is 11.4. The molecule has 0 aliphatic carbocycles. The van der Waals surface area contributed by atoms with Crippen molar-refractivity contribution < 1.29 is 27.9 Å². The number of hydrogen-bond donors (Lipinski definition) is 1. The lowest BCUT2D eigenvalue weighted by atomic mass is 10.5. The average molecular weight is 277 g/mol. The Morgan fingerprint density at radius 3 is 2.89 bits per heavy atom. The summed E-state index contributed by atoms with van der Waals surface area (Å²) < 4.78 is 22.8. The summed E-state index contributed by atoms with van der Waals surface area (Å²) in [5.41, 5.74) is 0. The number of aromatic nitrogens is 2. The molecule has 1 rings (SSSR count). The van der Waals surface area contributed by atoms with Gasteiger partial charge >= 0.3 is 0 Å². The van der Waals surface area contributed by atoms with Gasteiger partial charge in [-0.3, -0.25) is 9.36 Å². The number of hydrogen-bond acceptors (Lipinski definition) is 5. The van der Waals surface area contributed by atoms with Gasteiger partial charge in [0.2, 0.25) is 6.33 Å². The molecule has 0 aliphatic heterocycles. The first-order valence-corrected chi connectivity index (χ1v) is 6.68. The second kappa shape index (κ2) is 6.65. The lowest BCUT2D eigenvalue weighted by Crippen LogP contribution is -2.31. The van der Waals surface area contributed by atoms with Crippen molar-refractivity contribution in [3.63, 3.8) is 0 Å². The van der Waals surface area contributed by atoms with Crippen LogP contribution in [0.25, 0.3) is 0 Å². The van der Waals surface area contributed by atoms with E-state index in [2.05, 4.69) is 14.4 Å². The van der Waals surface area contributed by atoms with Gasteiger partial charge in [-0.1, -0.05) is 0 Å². The lowest BCUT2D eigenvalue weighted by Gasteiger charge is -2.19. The zero-order valence-electron chi connectivity index (χ0n) is 10.2. The van der Waals surface area contributed by atoms with Gasteiger partial charge in [0, 0.05) is 13.7 Å². The number of phosphoric ester groups is 1. The first kappa shape index (κ1) is 14.8. The maximum absolute atomic E-state index is 11.4. The van der Waals surface area contributed by atoms with E-state index in [9.17, 15) is 14.3 Å². The lowest BCUT2D eigenvalue weighted by molar-refractivity contribution is -0.671. The molecule has 0 saturated carbocycles. The highest BCUT2D eigenvalue weighted by atomic mass is 31.2. The topological polar surface area (TPSA) is 96.5 Å². The predicted octanol–water partition coefficient (Wildman–Crippen LogP) is -1.44. The third kappa shape index (κ3) is 5.42. The molecule has 102 valence electrons. The molecule has 0 fully saturated rings. The molecular formula is C9H16N3O5P. The van der Waals surface area contributed by atoms with Crippen molar-refractivity contribution in [3.8, 4) is 0 Å². The molecule has 1 atom stereocenters. The third-order valence-corrected chi connectivity index (χ3v) is 2.99. The van der Waals surface area contributed by atoms with Crippen molar-refractivity contribution in [1.29, 1.82) is 0 Å². The molecular weight excluding hydrogens is 261 g/mol. The van der Waals surface area contributed by atoms with Crippen molar-refractivity contribution in [2.75, 3.05) is 20.3 Å². The molecule has 9 heteroatoms. The van der Waals surface area contributed by atoms with Crippen LogP contribution in [-0.4, -0.2) is 30.7 Å². The number of amides is 1. The highest BCUT2D eigenvalue weighted by Gasteiger charge is 2.09. The summed E-state index contributed by atoms with van der Waals surface area (Å²) in [5, 5.41) is 2.53. The number of rotatable bonds is 7. The molecule has 1 unspecified atom stereocenters. The van der Waals surface area contributed by atoms with Gasteiger partial charge in [0.05, 0.1) is 13.7 Å². The summed E-state index contributed by atoms with van der Waals surface area (Å²) in [6.45, 7) is 0.113. The molecule has 18 heavy (non-hydrogen) atoms. The molecule has 0 aromatic carbocycles. The van der Waals surface area contributed by atoms with Gasteiger partial charge in [-0.15, -0.1) is 0 Å². The van der Waals surface area contributed by atoms with Crippen molar-refractivity contribution in [2.45, 2.75) is 6.54 Å². The number of aryl methyl sites for hydroxylation is 1. The Hall–Kier alpha value is -1.21. The monoisotopic (exact) mass is 277 g/mol. The number of nitrogens with one attached hydrogen (secondary N) is 1. The van der Waals surface area contributed by atoms with Crippen LogP contribution < -0.4 is 14.8 Å². The van der Waals surface area contributed by atoms with E-state index in [1.165, 1.54) is 0 Å². The van der Waals surface area contributed by atoms with E-state index in [0.29, 0.717) is 0 Å². The van der Waals surface area contributed by atoms with E-state index in [-0.39, 0.29) is 25.6 Å². The maximum Gasteiger partial charge on any atom is 0.267 e. The molecule has 0 aliphatic rings. The highest BCUT2D eigenvalue weighted by molar-refractivity contribution is 7.45. The van der Waals surface area contributed by atoms with Gasteiger partial charge < -0.3 is 19.3 Å². The largest absolute Gasteiger partial charge is 0.756 e. The van der Waals surface area contributed by atoms with Crippen LogP contribution in [0.2, 0.25) is 0 Å². The van der Waals surface area contributed by atoms with Crippen LogP contribution in [0.4, 0.5) is 0 Å². The summed E-state index contributed by atoms with van der Waals surface area (Å²) in [4.78, 5) is 22.2. The van der Waals surface area contributed by atoms with Gasteiger partial charge in [-0.25, -0.2) is 9.13 Å². The van der Waals surface area contributed by atoms with E-state index in [1.54, 1.807) is 17.1 Å². The Kier molecular flexibility index (Phi) is 5.49. The summed E-state index contributed by atoms with van der Waals surface area (Å²) in [6, 6.07) is 0. The fourth-order valence-electron chi connectivity index (χ4n) is 1.22. The number of imidazole rings is 1. The third-order valence-electron chi connectivity index (χ3n) is 2.05. The summed E-state index contributed by atoms with van der Waals surface area (Å²) in [5.74, 6) is -0.229. The average Bonchev–Trinajstić information content (AvgIpc) is 2.70. The van der Waals surface area contributed by atoms with Gasteiger partial charge in [-0.05, 0) is 0 Å². The second-order valence-electron chi connectivity index (χ2n) is 3.56. The van der Waals surface area contributed by atoms with Crippen molar-refractivity contribution in [2.24, 2.45) is 7.05 Å². The minimum Gasteiger partial charge on any atom is -0.756 e. The molecule has 0 bridgehead atoms. The molecule has 8 nitrogen and oxygen atoms in total. The summed E-state index contributed by atoms with van der Waals surface area (Å²) in [6.07, 6.45) is 5.32. The van der Waals surface area contributed by atoms with Gasteiger partial charge in [-0.2, -0.15) is 0 Å². The molecule has 0 spiro atoms. The summed E-state index contributed by atoms with van der Waals surface area (Å²) >= 11 is 0. The number of nitrogens with zero attached hydrogens (tertiary/aromatic N) is 2. The van der Waals surface area contributed by atoms with Gasteiger partial charge in [0.15, 0.2) is 6.54 Å². The van der Waals surface area contributed by atoms with E-state index in [4.69, 9.17) is 0 Å². The quantitative estimate of drug-likeness (QED) is 0.374. The zero-order chi connectivity index (χ0) is 13.6. The summed E-state index contributed by atoms with van der Waals surface area (Å²) in [7, 11) is -1.35. The zero-order valence-corrected chi connectivity index (χ0v) is 11.1. The first-order valence-electron chi connectivity index (χ1n) is 5.22. The van der Waals surface area contributed by atoms with Gasteiger partial charge in [0.25, 0.3) is 13.7 Å². The predicted molar refractivity (Wildman–Crippen MR) is 59.2 cm³/mol. The normalized spacial score (nSPS) is 14.2. The van der Waals surface area contributed by atoms with Crippen molar-refractivity contribution in [3.05, 3.63) is 18.7 Å². The molecule has 0 radical (unpaired) electrons. The smallest absolute Gasteiger partial charge is 0.267 e. The van der Waals surface area contributed by atoms with Crippen LogP contribution in [0.5, 0.6) is 0 Å². The van der Waals surface area contributed by atoms with Crippen molar-refractivity contribution in [1.82, 2.24) is 9.88 Å². The van der Waals surface area contributed by atoms with Gasteiger partial charge in [0.1, 0.15) is 12.4 Å². The number of carbonyl (C=O) groups is 1. The minimum atomic E-state index is -4.21. The number of phosphoric acid groups is 1. The fraction of sp³-hybridized carbons (Fsp3) is 0.556. The second-order valence-corrected chi connectivity index (χ2v) is 5.08. The standard InChI is InChI=1S/C9H16N3O5P/c1-11-4-5-12(8-11)7-9(13)10-3-6-17-18(14,15)16-2/h4-5,8H,3,6-7H2,1-2H3,(H-,10,13,14,15). The Morgan fingerprint density at radius 2 is 2.33 bits per heavy atom. The minimum absolute atomic E-state index is 0.0990. The molecule has 1 aromatic rings. The van der Waals surface area contributed by atoms with E-state index >= 15 is 0 Å². The van der Waals surface area contributed by atoms with Crippen LogP contribution in [0.3, 0.4) is 0 Å². The number of carbonyl (C=O) groups excluding carboxylic acids is 1. The SMILES string of the molecule is COP(=O)([O-])OCCNC(=O)Cn1cc[n+](C)c1. The molecule has 1 heterocycles. The molecule has 1 aromatic heterocycles. The van der Waals surface area contributed by atoms with Crippen molar-refractivity contribution >= 4 is 13.7 Å². The van der Waals surface area contributed by atoms with E-state index < -0.39 is 7.82 Å². The Labute approximate surface area is 105 Å². The molecule has 1 amide bonds. The Balaban J connectivity index is 2.20. The molecule has 1 N–H and O–H groups in total.